The highest BCUT2D eigenvalue weighted by Gasteiger charge is 2.05. The Bertz CT molecular complexity index is 520. The summed E-state index contributed by atoms with van der Waals surface area (Å²) in [5.41, 5.74) is 1.56. The quantitative estimate of drug-likeness (QED) is 0.761. The van der Waals surface area contributed by atoms with Gasteiger partial charge in [0.2, 0.25) is 0 Å². The molecule has 0 unspecified atom stereocenters. The molecule has 16 heavy (non-hydrogen) atoms. The lowest BCUT2D eigenvalue weighted by atomic mass is 10.0. The molecular formula is C13H9ClFN. The summed E-state index contributed by atoms with van der Waals surface area (Å²) in [6, 6.07) is 12.9. The predicted octanol–water partition coefficient (Wildman–Crippen LogP) is 3.90. The van der Waals surface area contributed by atoms with Gasteiger partial charge in [-0.05, 0) is 24.3 Å². The summed E-state index contributed by atoms with van der Waals surface area (Å²) >= 11 is 5.76. The fourth-order valence-electron chi connectivity index (χ4n) is 1.43. The van der Waals surface area contributed by atoms with Gasteiger partial charge in [-0.1, -0.05) is 35.9 Å². The smallest absolute Gasteiger partial charge is 0.123 e. The number of hydrogen-bond acceptors (Lipinski definition) is 1. The monoisotopic (exact) mass is 233 g/mol. The third kappa shape index (κ3) is 2.28. The first-order valence-corrected chi connectivity index (χ1v) is 5.15. The van der Waals surface area contributed by atoms with E-state index in [9.17, 15) is 4.39 Å². The second-order valence-electron chi connectivity index (χ2n) is 3.39. The van der Waals surface area contributed by atoms with Crippen molar-refractivity contribution in [3.8, 4) is 0 Å². The summed E-state index contributed by atoms with van der Waals surface area (Å²) in [5, 5.41) is 8.55. The highest BCUT2D eigenvalue weighted by atomic mass is 35.5. The number of halogens is 2. The van der Waals surface area contributed by atoms with Crippen molar-refractivity contribution >= 4 is 17.3 Å². The summed E-state index contributed by atoms with van der Waals surface area (Å²) in [4.78, 5) is 0. The van der Waals surface area contributed by atoms with Gasteiger partial charge in [0, 0.05) is 16.1 Å². The summed E-state index contributed by atoms with van der Waals surface area (Å²) < 4.78 is 13.0. The molecule has 0 aliphatic rings. The van der Waals surface area contributed by atoms with Crippen molar-refractivity contribution in [3.05, 3.63) is 70.5 Å². The van der Waals surface area contributed by atoms with E-state index in [1.807, 2.05) is 0 Å². The average molecular weight is 234 g/mol. The molecule has 0 aromatic heterocycles. The van der Waals surface area contributed by atoms with Gasteiger partial charge in [-0.3, -0.25) is 5.41 Å². The Kier molecular flexibility index (Phi) is 3.02. The Balaban J connectivity index is 2.35. The van der Waals surface area contributed by atoms with E-state index in [1.165, 1.54) is 12.1 Å². The van der Waals surface area contributed by atoms with Gasteiger partial charge in [-0.2, -0.15) is 0 Å². The van der Waals surface area contributed by atoms with E-state index in [0.29, 0.717) is 10.6 Å². The molecule has 0 saturated heterocycles. The topological polar surface area (TPSA) is 23.9 Å². The van der Waals surface area contributed by atoms with Crippen LogP contribution in [0.5, 0.6) is 0 Å². The van der Waals surface area contributed by atoms with Gasteiger partial charge in [0.25, 0.3) is 0 Å². The summed E-state index contributed by atoms with van der Waals surface area (Å²) in [7, 11) is 0. The van der Waals surface area contributed by atoms with Crippen molar-refractivity contribution in [2.45, 2.75) is 0 Å². The van der Waals surface area contributed by atoms with Crippen LogP contribution in [0.1, 0.15) is 11.1 Å². The zero-order chi connectivity index (χ0) is 11.5. The lowest BCUT2D eigenvalue weighted by Gasteiger charge is -2.04. The van der Waals surface area contributed by atoms with Crippen molar-refractivity contribution in [2.75, 3.05) is 0 Å². The van der Waals surface area contributed by atoms with Crippen LogP contribution in [0.3, 0.4) is 0 Å². The maximum atomic E-state index is 13.0. The Labute approximate surface area is 98.0 Å². The number of rotatable bonds is 2. The zero-order valence-electron chi connectivity index (χ0n) is 8.37. The molecule has 0 bridgehead atoms. The second-order valence-corrected chi connectivity index (χ2v) is 3.83. The maximum absolute atomic E-state index is 13.0. The molecule has 0 aliphatic heterocycles. The molecule has 1 nitrogen and oxygen atoms in total. The molecule has 0 aliphatic carbocycles. The van der Waals surface area contributed by atoms with Gasteiger partial charge in [0.05, 0.1) is 5.71 Å². The van der Waals surface area contributed by atoms with Crippen LogP contribution < -0.4 is 0 Å². The van der Waals surface area contributed by atoms with Gasteiger partial charge < -0.3 is 0 Å². The van der Waals surface area contributed by atoms with Crippen LogP contribution in [-0.4, -0.2) is 5.71 Å². The van der Waals surface area contributed by atoms with E-state index in [2.05, 4.69) is 0 Å². The summed E-state index contributed by atoms with van der Waals surface area (Å²) in [5.74, 6) is -0.337. The average Bonchev–Trinajstić information content (AvgIpc) is 2.29. The van der Waals surface area contributed by atoms with Crippen LogP contribution in [-0.2, 0) is 0 Å². The zero-order valence-corrected chi connectivity index (χ0v) is 9.13. The molecule has 3 heteroatoms. The molecule has 2 rings (SSSR count). The number of benzene rings is 2. The molecule has 80 valence electrons. The minimum Gasteiger partial charge on any atom is -0.300 e. The van der Waals surface area contributed by atoms with E-state index in [-0.39, 0.29) is 11.5 Å². The largest absolute Gasteiger partial charge is 0.300 e. The predicted molar refractivity (Wildman–Crippen MR) is 63.8 cm³/mol. The highest BCUT2D eigenvalue weighted by Crippen LogP contribution is 2.14. The van der Waals surface area contributed by atoms with E-state index in [1.54, 1.807) is 36.4 Å². The lowest BCUT2D eigenvalue weighted by Crippen LogP contribution is -2.01. The highest BCUT2D eigenvalue weighted by molar-refractivity contribution is 6.30. The van der Waals surface area contributed by atoms with Crippen LogP contribution in [0.25, 0.3) is 0 Å². The first kappa shape index (κ1) is 10.8. The van der Waals surface area contributed by atoms with Crippen LogP contribution >= 0.6 is 11.6 Å². The third-order valence-corrected chi connectivity index (χ3v) is 2.50. The fourth-order valence-corrected chi connectivity index (χ4v) is 1.55. The number of nitrogens with one attached hydrogen (secondary N) is 1. The summed E-state index contributed by atoms with van der Waals surface area (Å²) in [6.07, 6.45) is 0. The summed E-state index contributed by atoms with van der Waals surface area (Å²) in [6.45, 7) is 0. The van der Waals surface area contributed by atoms with Crippen molar-refractivity contribution in [1.82, 2.24) is 0 Å². The molecular weight excluding hydrogens is 225 g/mol. The first-order chi connectivity index (χ1) is 7.66. The van der Waals surface area contributed by atoms with Crippen molar-refractivity contribution in [2.24, 2.45) is 0 Å². The van der Waals surface area contributed by atoms with Crippen LogP contribution in [0.4, 0.5) is 4.39 Å². The molecule has 0 spiro atoms. The molecule has 0 saturated carbocycles. The molecule has 2 aromatic rings. The normalized spacial score (nSPS) is 10.1. The standard InChI is InChI=1S/C13H9ClFN/c14-11-6-4-9(5-7-11)13(16)10-2-1-3-12(15)8-10/h1-8,16H. The fraction of sp³-hybridized carbons (Fsp3) is 0. The van der Waals surface area contributed by atoms with Crippen LogP contribution in [0.15, 0.2) is 48.5 Å². The molecule has 2 aromatic carbocycles. The molecule has 0 fully saturated rings. The Morgan fingerprint density at radius 2 is 1.69 bits per heavy atom. The van der Waals surface area contributed by atoms with Crippen molar-refractivity contribution in [1.29, 1.82) is 5.41 Å². The minimum atomic E-state index is -0.337. The second kappa shape index (κ2) is 4.45. The van der Waals surface area contributed by atoms with E-state index < -0.39 is 0 Å². The van der Waals surface area contributed by atoms with Crippen molar-refractivity contribution < 1.29 is 4.39 Å². The van der Waals surface area contributed by atoms with Crippen LogP contribution in [0, 0.1) is 11.2 Å². The van der Waals surface area contributed by atoms with Crippen molar-refractivity contribution in [3.63, 3.8) is 0 Å². The molecule has 0 atom stereocenters. The van der Waals surface area contributed by atoms with Gasteiger partial charge in [-0.25, -0.2) is 4.39 Å². The van der Waals surface area contributed by atoms with Gasteiger partial charge >= 0.3 is 0 Å². The molecule has 0 amide bonds. The van der Waals surface area contributed by atoms with E-state index in [4.69, 9.17) is 17.0 Å². The lowest BCUT2D eigenvalue weighted by molar-refractivity contribution is 0.627. The van der Waals surface area contributed by atoms with Gasteiger partial charge in [0.15, 0.2) is 0 Å². The Morgan fingerprint density at radius 1 is 1.00 bits per heavy atom. The number of hydrogen-bond donors (Lipinski definition) is 1. The SMILES string of the molecule is N=C(c1ccc(Cl)cc1)c1cccc(F)c1. The van der Waals surface area contributed by atoms with Crippen LogP contribution in [0.2, 0.25) is 5.02 Å². The van der Waals surface area contributed by atoms with E-state index >= 15 is 0 Å². The molecule has 0 heterocycles. The Morgan fingerprint density at radius 3 is 2.31 bits per heavy atom. The van der Waals surface area contributed by atoms with E-state index in [0.717, 1.165) is 5.56 Å². The minimum absolute atomic E-state index is 0.288. The Hall–Kier alpha value is -1.67. The molecule has 0 radical (unpaired) electrons. The maximum Gasteiger partial charge on any atom is 0.123 e. The molecule has 1 N–H and O–H groups in total. The van der Waals surface area contributed by atoms with Gasteiger partial charge in [-0.15, -0.1) is 0 Å². The van der Waals surface area contributed by atoms with Gasteiger partial charge in [0.1, 0.15) is 5.82 Å². The first-order valence-electron chi connectivity index (χ1n) is 4.77. The third-order valence-electron chi connectivity index (χ3n) is 2.25.